The maximum atomic E-state index is 13.3. The summed E-state index contributed by atoms with van der Waals surface area (Å²) in [6.07, 6.45) is 0.146. The highest BCUT2D eigenvalue weighted by Gasteiger charge is 2.12. The summed E-state index contributed by atoms with van der Waals surface area (Å²) in [5, 5.41) is 0.0617. The van der Waals surface area contributed by atoms with Crippen molar-refractivity contribution in [1.29, 1.82) is 0 Å². The quantitative estimate of drug-likeness (QED) is 0.457. The molecule has 0 unspecified atom stereocenters. The summed E-state index contributed by atoms with van der Waals surface area (Å²) in [7, 11) is 0. The van der Waals surface area contributed by atoms with Gasteiger partial charge in [0.25, 0.3) is 0 Å². The third-order valence-electron chi connectivity index (χ3n) is 2.58. The first kappa shape index (κ1) is 14.9. The van der Waals surface area contributed by atoms with Crippen molar-refractivity contribution in [3.05, 3.63) is 66.4 Å². The van der Waals surface area contributed by atoms with Crippen molar-refractivity contribution in [2.24, 2.45) is 0 Å². The Morgan fingerprint density at radius 2 is 2.00 bits per heavy atom. The minimum absolute atomic E-state index is 0.0617. The lowest BCUT2D eigenvalue weighted by molar-refractivity contribution is 0.0992. The molecule has 0 atom stereocenters. The van der Waals surface area contributed by atoms with E-state index in [1.54, 1.807) is 12.1 Å². The van der Waals surface area contributed by atoms with Crippen molar-refractivity contribution in [3.63, 3.8) is 0 Å². The topological polar surface area (TPSA) is 17.1 Å². The van der Waals surface area contributed by atoms with Gasteiger partial charge in [-0.2, -0.15) is 0 Å². The second-order valence-corrected chi connectivity index (χ2v) is 6.48. The molecule has 0 spiro atoms. The van der Waals surface area contributed by atoms with Gasteiger partial charge in [0.2, 0.25) is 0 Å². The lowest BCUT2D eigenvalue weighted by Crippen LogP contribution is -2.05. The van der Waals surface area contributed by atoms with Crippen LogP contribution in [0, 0.1) is 9.39 Å². The minimum atomic E-state index is -0.506. The first-order valence-electron chi connectivity index (χ1n) is 5.39. The molecule has 0 aliphatic heterocycles. The molecule has 0 aliphatic carbocycles. The molecule has 0 saturated heterocycles. The van der Waals surface area contributed by atoms with Gasteiger partial charge in [-0.1, -0.05) is 33.6 Å². The molecule has 0 saturated carbocycles. The summed E-state index contributed by atoms with van der Waals surface area (Å²) in [6.45, 7) is 0. The fourth-order valence-corrected chi connectivity index (χ4v) is 2.72. The molecule has 0 heterocycles. The van der Waals surface area contributed by atoms with E-state index in [0.29, 0.717) is 11.1 Å². The molecule has 19 heavy (non-hydrogen) atoms. The second-order valence-electron chi connectivity index (χ2n) is 3.97. The van der Waals surface area contributed by atoms with E-state index in [2.05, 4.69) is 38.5 Å². The molecule has 0 N–H and O–H groups in total. The normalized spacial score (nSPS) is 10.5. The van der Waals surface area contributed by atoms with Gasteiger partial charge in [-0.3, -0.25) is 4.79 Å². The van der Waals surface area contributed by atoms with Crippen LogP contribution in [0.3, 0.4) is 0 Å². The predicted octanol–water partition coefficient (Wildman–Crippen LogP) is 5.27. The highest BCUT2D eigenvalue weighted by atomic mass is 127. The highest BCUT2D eigenvalue weighted by Crippen LogP contribution is 2.22. The van der Waals surface area contributed by atoms with Crippen LogP contribution in [0.1, 0.15) is 15.9 Å². The van der Waals surface area contributed by atoms with Gasteiger partial charge in [0.05, 0.1) is 5.02 Å². The maximum absolute atomic E-state index is 13.3. The number of Topliss-reactive ketones (excluding diaryl/α,β-unsaturated/α-hetero) is 1. The van der Waals surface area contributed by atoms with Crippen molar-refractivity contribution in [2.75, 3.05) is 0 Å². The van der Waals surface area contributed by atoms with Crippen LogP contribution in [0.2, 0.25) is 5.02 Å². The first-order valence-corrected chi connectivity index (χ1v) is 7.64. The molecule has 1 nitrogen and oxygen atoms in total. The number of ketones is 1. The van der Waals surface area contributed by atoms with Crippen LogP contribution in [-0.4, -0.2) is 5.78 Å². The molecular weight excluding hydrogens is 445 g/mol. The Kier molecular flexibility index (Phi) is 4.97. The second kappa shape index (κ2) is 6.33. The Balaban J connectivity index is 2.25. The fourth-order valence-electron chi connectivity index (χ4n) is 1.64. The van der Waals surface area contributed by atoms with Gasteiger partial charge in [0.15, 0.2) is 5.78 Å². The van der Waals surface area contributed by atoms with Crippen molar-refractivity contribution < 1.29 is 9.18 Å². The van der Waals surface area contributed by atoms with Gasteiger partial charge in [-0.15, -0.1) is 0 Å². The molecule has 2 rings (SSSR count). The van der Waals surface area contributed by atoms with Crippen molar-refractivity contribution in [3.8, 4) is 0 Å². The molecule has 5 heteroatoms. The Morgan fingerprint density at radius 3 is 2.68 bits per heavy atom. The van der Waals surface area contributed by atoms with Crippen LogP contribution in [0.15, 0.2) is 40.9 Å². The standard InChI is InChI=1S/C14H8BrClFIO/c15-11-3-2-9(18)7-10(11)14(19)6-8-1-4-12(16)13(17)5-8/h1-5,7H,6H2. The van der Waals surface area contributed by atoms with E-state index in [9.17, 15) is 9.18 Å². The molecule has 0 aromatic heterocycles. The number of benzene rings is 2. The lowest BCUT2D eigenvalue weighted by Gasteiger charge is -2.05. The molecule has 98 valence electrons. The summed E-state index contributed by atoms with van der Waals surface area (Å²) < 4.78 is 15.0. The van der Waals surface area contributed by atoms with Crippen LogP contribution >= 0.6 is 50.1 Å². The third kappa shape index (κ3) is 3.77. The fraction of sp³-hybridized carbons (Fsp3) is 0.0714. The maximum Gasteiger partial charge on any atom is 0.168 e. The molecule has 0 amide bonds. The molecular formula is C14H8BrClFIO. The summed E-state index contributed by atoms with van der Waals surface area (Å²) in [5.41, 5.74) is 1.21. The zero-order valence-electron chi connectivity index (χ0n) is 9.59. The Morgan fingerprint density at radius 1 is 1.26 bits per heavy atom. The van der Waals surface area contributed by atoms with Crippen molar-refractivity contribution in [1.82, 2.24) is 0 Å². The van der Waals surface area contributed by atoms with Gasteiger partial charge in [0.1, 0.15) is 5.82 Å². The number of rotatable bonds is 3. The predicted molar refractivity (Wildman–Crippen MR) is 86.3 cm³/mol. The average Bonchev–Trinajstić information content (AvgIpc) is 2.36. The van der Waals surface area contributed by atoms with Gasteiger partial charge < -0.3 is 0 Å². The van der Waals surface area contributed by atoms with Crippen LogP contribution in [-0.2, 0) is 6.42 Å². The summed E-state index contributed by atoms with van der Waals surface area (Å²) in [4.78, 5) is 12.2. The van der Waals surface area contributed by atoms with E-state index in [4.69, 9.17) is 11.6 Å². The molecule has 0 bridgehead atoms. The summed E-state index contributed by atoms with van der Waals surface area (Å²) >= 11 is 11.1. The van der Waals surface area contributed by atoms with Gasteiger partial charge in [0, 0.05) is 20.0 Å². The molecule has 0 fully saturated rings. The van der Waals surface area contributed by atoms with E-state index in [0.717, 1.165) is 8.04 Å². The number of hydrogen-bond donors (Lipinski definition) is 0. The number of carbonyl (C=O) groups excluding carboxylic acids is 1. The van der Waals surface area contributed by atoms with E-state index in [1.165, 1.54) is 12.1 Å². The van der Waals surface area contributed by atoms with Gasteiger partial charge in [-0.25, -0.2) is 4.39 Å². The monoisotopic (exact) mass is 452 g/mol. The first-order chi connectivity index (χ1) is 8.97. The van der Waals surface area contributed by atoms with E-state index < -0.39 is 5.82 Å². The van der Waals surface area contributed by atoms with Crippen LogP contribution in [0.25, 0.3) is 0 Å². The smallest absolute Gasteiger partial charge is 0.168 e. The highest BCUT2D eigenvalue weighted by molar-refractivity contribution is 14.1. The lowest BCUT2D eigenvalue weighted by atomic mass is 10.0. The SMILES string of the molecule is O=C(Cc1ccc(Cl)c(F)c1)c1cc(I)ccc1Br. The van der Waals surface area contributed by atoms with E-state index >= 15 is 0 Å². The van der Waals surface area contributed by atoms with Gasteiger partial charge >= 0.3 is 0 Å². The average molecular weight is 453 g/mol. The molecule has 0 aliphatic rings. The van der Waals surface area contributed by atoms with Gasteiger partial charge in [-0.05, 0) is 58.5 Å². The Labute approximate surface area is 137 Å². The zero-order valence-corrected chi connectivity index (χ0v) is 14.1. The third-order valence-corrected chi connectivity index (χ3v) is 4.25. The minimum Gasteiger partial charge on any atom is -0.294 e. The van der Waals surface area contributed by atoms with E-state index in [1.807, 2.05) is 12.1 Å². The number of hydrogen-bond acceptors (Lipinski definition) is 1. The summed E-state index contributed by atoms with van der Waals surface area (Å²) in [6, 6.07) is 9.95. The zero-order chi connectivity index (χ0) is 14.0. The van der Waals surface area contributed by atoms with Crippen LogP contribution < -0.4 is 0 Å². The number of halogens is 4. The summed E-state index contributed by atoms with van der Waals surface area (Å²) in [5.74, 6) is -0.569. The molecule has 2 aromatic rings. The molecule has 0 radical (unpaired) electrons. The van der Waals surface area contributed by atoms with Crippen molar-refractivity contribution >= 4 is 55.9 Å². The Hall–Kier alpha value is -0.460. The van der Waals surface area contributed by atoms with Crippen LogP contribution in [0.4, 0.5) is 4.39 Å². The number of carbonyl (C=O) groups is 1. The van der Waals surface area contributed by atoms with E-state index in [-0.39, 0.29) is 17.2 Å². The Bertz CT molecular complexity index is 645. The van der Waals surface area contributed by atoms with Crippen LogP contribution in [0.5, 0.6) is 0 Å². The molecule has 2 aromatic carbocycles. The van der Waals surface area contributed by atoms with Crippen molar-refractivity contribution in [2.45, 2.75) is 6.42 Å². The largest absolute Gasteiger partial charge is 0.294 e.